The first-order valence-corrected chi connectivity index (χ1v) is 7.40. The van der Waals surface area contributed by atoms with Crippen molar-refractivity contribution in [1.29, 1.82) is 0 Å². The lowest BCUT2D eigenvalue weighted by atomic mass is 10.0. The van der Waals surface area contributed by atoms with Gasteiger partial charge in [-0.15, -0.1) is 0 Å². The van der Waals surface area contributed by atoms with Crippen molar-refractivity contribution < 1.29 is 12.8 Å². The largest absolute Gasteiger partial charge is 0.310 e. The Morgan fingerprint density at radius 2 is 2.06 bits per heavy atom. The molecule has 1 aromatic rings. The van der Waals surface area contributed by atoms with Crippen LogP contribution in [0.4, 0.5) is 4.39 Å². The highest BCUT2D eigenvalue weighted by Crippen LogP contribution is 2.18. The maximum absolute atomic E-state index is 12.7. The second-order valence-electron chi connectivity index (χ2n) is 4.87. The quantitative estimate of drug-likeness (QED) is 0.867. The van der Waals surface area contributed by atoms with Gasteiger partial charge in [-0.1, -0.05) is 0 Å². The number of hydrogen-bond donors (Lipinski definition) is 2. The number of nitrogens with one attached hydrogen (secondary N) is 2. The Morgan fingerprint density at radius 3 is 2.61 bits per heavy atom. The molecule has 0 bridgehead atoms. The van der Waals surface area contributed by atoms with Crippen molar-refractivity contribution in [3.05, 3.63) is 30.1 Å². The average molecular weight is 272 g/mol. The zero-order chi connectivity index (χ0) is 13.2. The summed E-state index contributed by atoms with van der Waals surface area (Å²) >= 11 is 0. The topological polar surface area (TPSA) is 58.2 Å². The van der Waals surface area contributed by atoms with Gasteiger partial charge in [0.15, 0.2) is 0 Å². The maximum atomic E-state index is 12.7. The van der Waals surface area contributed by atoms with Gasteiger partial charge in [0.25, 0.3) is 0 Å². The molecule has 6 heteroatoms. The molecule has 1 fully saturated rings. The predicted molar refractivity (Wildman–Crippen MR) is 67.2 cm³/mol. The first kappa shape index (κ1) is 13.5. The van der Waals surface area contributed by atoms with Gasteiger partial charge >= 0.3 is 0 Å². The summed E-state index contributed by atoms with van der Waals surface area (Å²) in [6.45, 7) is 3.24. The molecule has 2 rings (SSSR count). The molecule has 1 aliphatic rings. The van der Waals surface area contributed by atoms with E-state index >= 15 is 0 Å². The summed E-state index contributed by atoms with van der Waals surface area (Å²) in [6, 6.07) is 4.82. The zero-order valence-electron chi connectivity index (χ0n) is 10.2. The van der Waals surface area contributed by atoms with Crippen molar-refractivity contribution in [2.75, 3.05) is 13.1 Å². The normalized spacial score (nSPS) is 24.3. The van der Waals surface area contributed by atoms with Gasteiger partial charge in [0.1, 0.15) is 5.82 Å². The standard InChI is InChI=1S/C12H17FN2O2S/c1-12(7-2-8-14-12)9-15-18(16,17)11-5-3-10(13)4-6-11/h3-6,14-15H,2,7-9H2,1H3. The third kappa shape index (κ3) is 3.07. The van der Waals surface area contributed by atoms with E-state index < -0.39 is 15.8 Å². The van der Waals surface area contributed by atoms with Gasteiger partial charge in [-0.2, -0.15) is 0 Å². The van der Waals surface area contributed by atoms with Crippen LogP contribution in [0.25, 0.3) is 0 Å². The molecule has 0 saturated carbocycles. The molecule has 1 aliphatic heterocycles. The van der Waals surface area contributed by atoms with E-state index in [1.165, 1.54) is 12.1 Å². The molecule has 0 aromatic heterocycles. The van der Waals surface area contributed by atoms with Gasteiger partial charge in [-0.25, -0.2) is 17.5 Å². The molecule has 4 nitrogen and oxygen atoms in total. The molecule has 100 valence electrons. The number of hydrogen-bond acceptors (Lipinski definition) is 3. The lowest BCUT2D eigenvalue weighted by Crippen LogP contribution is -2.47. The van der Waals surface area contributed by atoms with Gasteiger partial charge in [0, 0.05) is 12.1 Å². The van der Waals surface area contributed by atoms with Crippen LogP contribution in [0, 0.1) is 5.82 Å². The second kappa shape index (κ2) is 4.95. The van der Waals surface area contributed by atoms with Gasteiger partial charge in [0.05, 0.1) is 4.90 Å². The van der Waals surface area contributed by atoms with E-state index in [1.54, 1.807) is 0 Å². The Kier molecular flexibility index (Phi) is 3.70. The summed E-state index contributed by atoms with van der Waals surface area (Å²) in [7, 11) is -3.56. The first-order valence-electron chi connectivity index (χ1n) is 5.92. The molecule has 1 heterocycles. The SMILES string of the molecule is CC1(CNS(=O)(=O)c2ccc(F)cc2)CCCN1. The van der Waals surface area contributed by atoms with Crippen LogP contribution in [0.2, 0.25) is 0 Å². The van der Waals surface area contributed by atoms with Crippen LogP contribution < -0.4 is 10.0 Å². The van der Waals surface area contributed by atoms with E-state index in [9.17, 15) is 12.8 Å². The van der Waals surface area contributed by atoms with Gasteiger partial charge in [-0.3, -0.25) is 0 Å². The highest BCUT2D eigenvalue weighted by molar-refractivity contribution is 7.89. The molecular formula is C12H17FN2O2S. The Morgan fingerprint density at radius 1 is 1.39 bits per heavy atom. The number of sulfonamides is 1. The summed E-state index contributed by atoms with van der Waals surface area (Å²) in [5, 5.41) is 3.28. The number of benzene rings is 1. The van der Waals surface area contributed by atoms with Gasteiger partial charge < -0.3 is 5.32 Å². The fourth-order valence-corrected chi connectivity index (χ4v) is 3.23. The molecule has 18 heavy (non-hydrogen) atoms. The fraction of sp³-hybridized carbons (Fsp3) is 0.500. The smallest absolute Gasteiger partial charge is 0.240 e. The van der Waals surface area contributed by atoms with Crippen molar-refractivity contribution >= 4 is 10.0 Å². The summed E-state index contributed by atoms with van der Waals surface area (Å²) in [6.07, 6.45) is 1.99. The molecule has 1 atom stereocenters. The Balaban J connectivity index is 2.05. The van der Waals surface area contributed by atoms with E-state index in [4.69, 9.17) is 0 Å². The molecule has 1 unspecified atom stereocenters. The highest BCUT2D eigenvalue weighted by Gasteiger charge is 2.29. The van der Waals surface area contributed by atoms with Crippen LogP contribution in [0.3, 0.4) is 0 Å². The van der Waals surface area contributed by atoms with Gasteiger partial charge in [-0.05, 0) is 50.6 Å². The molecule has 0 radical (unpaired) electrons. The summed E-state index contributed by atoms with van der Waals surface area (Å²) in [4.78, 5) is 0.0884. The summed E-state index contributed by atoms with van der Waals surface area (Å²) < 4.78 is 39.3. The minimum Gasteiger partial charge on any atom is -0.310 e. The van der Waals surface area contributed by atoms with Crippen molar-refractivity contribution in [1.82, 2.24) is 10.0 Å². The van der Waals surface area contributed by atoms with E-state index in [2.05, 4.69) is 10.0 Å². The second-order valence-corrected chi connectivity index (χ2v) is 6.64. The lowest BCUT2D eigenvalue weighted by molar-refractivity contribution is 0.409. The minimum absolute atomic E-state index is 0.0884. The van der Waals surface area contributed by atoms with E-state index in [-0.39, 0.29) is 10.4 Å². The zero-order valence-corrected chi connectivity index (χ0v) is 11.1. The third-order valence-electron chi connectivity index (χ3n) is 3.23. The third-order valence-corrected chi connectivity index (χ3v) is 4.65. The van der Waals surface area contributed by atoms with Crippen molar-refractivity contribution in [3.63, 3.8) is 0 Å². The number of halogens is 1. The molecule has 2 N–H and O–H groups in total. The molecular weight excluding hydrogens is 255 g/mol. The Bertz CT molecular complexity index is 507. The average Bonchev–Trinajstić information content (AvgIpc) is 2.75. The van der Waals surface area contributed by atoms with Crippen molar-refractivity contribution in [2.45, 2.75) is 30.2 Å². The van der Waals surface area contributed by atoms with Gasteiger partial charge in [0.2, 0.25) is 10.0 Å². The summed E-state index contributed by atoms with van der Waals surface area (Å²) in [5.41, 5.74) is -0.187. The highest BCUT2D eigenvalue weighted by atomic mass is 32.2. The summed E-state index contributed by atoms with van der Waals surface area (Å²) in [5.74, 6) is -0.446. The molecule has 0 aliphatic carbocycles. The number of rotatable bonds is 4. The monoisotopic (exact) mass is 272 g/mol. The van der Waals surface area contributed by atoms with Crippen molar-refractivity contribution in [2.24, 2.45) is 0 Å². The van der Waals surface area contributed by atoms with Crippen LogP contribution in [-0.2, 0) is 10.0 Å². The molecule has 0 spiro atoms. The van der Waals surface area contributed by atoms with Crippen molar-refractivity contribution in [3.8, 4) is 0 Å². The molecule has 0 amide bonds. The van der Waals surface area contributed by atoms with Crippen LogP contribution in [0.5, 0.6) is 0 Å². The fourth-order valence-electron chi connectivity index (χ4n) is 2.06. The Labute approximate surface area is 107 Å². The van der Waals surface area contributed by atoms with Crippen LogP contribution in [0.15, 0.2) is 29.2 Å². The van der Waals surface area contributed by atoms with E-state index in [0.717, 1.165) is 31.5 Å². The minimum atomic E-state index is -3.56. The molecule has 1 saturated heterocycles. The van der Waals surface area contributed by atoms with E-state index in [1.807, 2.05) is 6.92 Å². The molecule has 1 aromatic carbocycles. The van der Waals surface area contributed by atoms with Crippen LogP contribution in [-0.4, -0.2) is 27.0 Å². The Hall–Kier alpha value is -0.980. The predicted octanol–water partition coefficient (Wildman–Crippen LogP) is 1.25. The van der Waals surface area contributed by atoms with E-state index in [0.29, 0.717) is 6.54 Å². The first-order chi connectivity index (χ1) is 8.41. The lowest BCUT2D eigenvalue weighted by Gasteiger charge is -2.24. The maximum Gasteiger partial charge on any atom is 0.240 e. The van der Waals surface area contributed by atoms with Crippen LogP contribution >= 0.6 is 0 Å². The van der Waals surface area contributed by atoms with Crippen LogP contribution in [0.1, 0.15) is 19.8 Å².